The number of ether oxygens (including phenoxy) is 3. The van der Waals surface area contributed by atoms with Crippen molar-refractivity contribution in [3.8, 4) is 5.75 Å². The Bertz CT molecular complexity index is 635. The predicted octanol–water partition coefficient (Wildman–Crippen LogP) is 0.827. The van der Waals surface area contributed by atoms with Gasteiger partial charge in [-0.2, -0.15) is 0 Å². The molecule has 20 heavy (non-hydrogen) atoms. The number of benzene rings is 1. The average Bonchev–Trinajstić information content (AvgIpc) is 2.78. The summed E-state index contributed by atoms with van der Waals surface area (Å²) in [6.07, 6.45) is 1.21. The third-order valence-electron chi connectivity index (χ3n) is 3.10. The second-order valence-corrected chi connectivity index (χ2v) is 6.57. The van der Waals surface area contributed by atoms with E-state index in [1.165, 1.54) is 26.4 Å². The highest BCUT2D eigenvalue weighted by Gasteiger charge is 2.32. The predicted molar refractivity (Wildman–Crippen MR) is 70.9 cm³/mol. The van der Waals surface area contributed by atoms with E-state index in [0.29, 0.717) is 24.2 Å². The molecule has 1 aliphatic rings. The lowest BCUT2D eigenvalue weighted by molar-refractivity contribution is 0.0599. The van der Waals surface area contributed by atoms with Gasteiger partial charge in [-0.1, -0.05) is 0 Å². The first-order valence-corrected chi connectivity index (χ1v) is 7.87. The lowest BCUT2D eigenvalue weighted by Gasteiger charge is -2.11. The molecule has 1 heterocycles. The van der Waals surface area contributed by atoms with Crippen molar-refractivity contribution >= 4 is 15.8 Å². The Balaban J connectivity index is 2.55. The number of methoxy groups -OCH3 is 2. The highest BCUT2D eigenvalue weighted by atomic mass is 32.2. The van der Waals surface area contributed by atoms with E-state index in [4.69, 9.17) is 14.2 Å². The summed E-state index contributed by atoms with van der Waals surface area (Å²) in [4.78, 5) is 11.8. The van der Waals surface area contributed by atoms with Gasteiger partial charge in [0, 0.05) is 25.3 Å². The molecule has 0 fully saturated rings. The Morgan fingerprint density at radius 2 is 2.10 bits per heavy atom. The smallest absolute Gasteiger partial charge is 0.338 e. The van der Waals surface area contributed by atoms with E-state index in [0.717, 1.165) is 6.26 Å². The lowest BCUT2D eigenvalue weighted by Crippen LogP contribution is -2.19. The van der Waals surface area contributed by atoms with Gasteiger partial charge in [-0.15, -0.1) is 0 Å². The third kappa shape index (κ3) is 2.64. The number of hydrogen-bond acceptors (Lipinski definition) is 6. The van der Waals surface area contributed by atoms with Crippen LogP contribution in [0.4, 0.5) is 0 Å². The van der Waals surface area contributed by atoms with Crippen molar-refractivity contribution in [2.24, 2.45) is 0 Å². The van der Waals surface area contributed by atoms with Crippen LogP contribution in [0, 0.1) is 0 Å². The zero-order valence-corrected chi connectivity index (χ0v) is 12.3. The molecule has 1 atom stereocenters. The molecular weight excluding hydrogens is 284 g/mol. The Morgan fingerprint density at radius 1 is 1.40 bits per heavy atom. The standard InChI is InChI=1S/C13H16O6S/c1-17-7-8-6-10-9(13(14)18-2)4-5-11(12(10)19-8)20(3,15)16/h4-5,8H,6-7H2,1-3H3. The normalized spacial score (nSPS) is 17.4. The van der Waals surface area contributed by atoms with Gasteiger partial charge in [0.1, 0.15) is 16.7 Å². The van der Waals surface area contributed by atoms with Gasteiger partial charge in [-0.3, -0.25) is 0 Å². The molecule has 2 rings (SSSR count). The number of esters is 1. The molecule has 0 amide bonds. The van der Waals surface area contributed by atoms with Crippen LogP contribution in [-0.4, -0.2) is 47.6 Å². The zero-order valence-electron chi connectivity index (χ0n) is 11.5. The Hall–Kier alpha value is -1.60. The summed E-state index contributed by atoms with van der Waals surface area (Å²) in [5, 5.41) is 0. The van der Waals surface area contributed by atoms with Gasteiger partial charge in [-0.05, 0) is 12.1 Å². The molecule has 110 valence electrons. The molecule has 1 unspecified atom stereocenters. The van der Waals surface area contributed by atoms with E-state index in [-0.39, 0.29) is 16.7 Å². The number of rotatable bonds is 4. The van der Waals surface area contributed by atoms with Crippen LogP contribution in [0.3, 0.4) is 0 Å². The van der Waals surface area contributed by atoms with Crippen molar-refractivity contribution in [3.63, 3.8) is 0 Å². The van der Waals surface area contributed by atoms with E-state index < -0.39 is 15.8 Å². The van der Waals surface area contributed by atoms with E-state index in [9.17, 15) is 13.2 Å². The molecule has 0 radical (unpaired) electrons. The monoisotopic (exact) mass is 300 g/mol. The molecule has 0 saturated heterocycles. The first-order chi connectivity index (χ1) is 9.38. The summed E-state index contributed by atoms with van der Waals surface area (Å²) in [5.41, 5.74) is 0.885. The SMILES string of the molecule is COCC1Cc2c(C(=O)OC)ccc(S(C)(=O)=O)c2O1. The fourth-order valence-electron chi connectivity index (χ4n) is 2.25. The third-order valence-corrected chi connectivity index (χ3v) is 4.22. The minimum Gasteiger partial charge on any atom is -0.486 e. The van der Waals surface area contributed by atoms with Crippen molar-refractivity contribution in [1.29, 1.82) is 0 Å². The van der Waals surface area contributed by atoms with E-state index in [1.807, 2.05) is 0 Å². The summed E-state index contributed by atoms with van der Waals surface area (Å²) in [7, 11) is -0.621. The minimum atomic E-state index is -3.43. The quantitative estimate of drug-likeness (QED) is 0.766. The van der Waals surface area contributed by atoms with Crippen LogP contribution < -0.4 is 4.74 Å². The number of fused-ring (bicyclic) bond motifs is 1. The maximum atomic E-state index is 11.8. The highest BCUT2D eigenvalue weighted by molar-refractivity contribution is 7.90. The van der Waals surface area contributed by atoms with Gasteiger partial charge in [0.2, 0.25) is 0 Å². The minimum absolute atomic E-state index is 0.0822. The van der Waals surface area contributed by atoms with Crippen LogP contribution in [0.5, 0.6) is 5.75 Å². The second kappa shape index (κ2) is 5.41. The molecule has 1 aromatic carbocycles. The van der Waals surface area contributed by atoms with Crippen LogP contribution in [0.15, 0.2) is 17.0 Å². The summed E-state index contributed by atoms with van der Waals surface area (Å²) in [6, 6.07) is 2.83. The first-order valence-electron chi connectivity index (χ1n) is 5.98. The van der Waals surface area contributed by atoms with Gasteiger partial charge in [-0.25, -0.2) is 13.2 Å². The van der Waals surface area contributed by atoms with Crippen molar-refractivity contribution in [2.45, 2.75) is 17.4 Å². The molecule has 0 N–H and O–H groups in total. The summed E-state index contributed by atoms with van der Waals surface area (Å²) in [6.45, 7) is 0.318. The molecule has 0 spiro atoms. The van der Waals surface area contributed by atoms with Gasteiger partial charge in [0.05, 0.1) is 19.3 Å². The van der Waals surface area contributed by atoms with Gasteiger partial charge >= 0.3 is 5.97 Å². The topological polar surface area (TPSA) is 78.9 Å². The Kier molecular flexibility index (Phi) is 4.01. The van der Waals surface area contributed by atoms with E-state index >= 15 is 0 Å². The average molecular weight is 300 g/mol. The highest BCUT2D eigenvalue weighted by Crippen LogP contribution is 2.38. The molecule has 0 bridgehead atoms. The Labute approximate surface area is 117 Å². The number of hydrogen-bond donors (Lipinski definition) is 0. The van der Waals surface area contributed by atoms with E-state index in [2.05, 4.69) is 0 Å². The zero-order chi connectivity index (χ0) is 14.9. The second-order valence-electron chi connectivity index (χ2n) is 4.58. The molecular formula is C13H16O6S. The summed E-state index contributed by atoms with van der Waals surface area (Å²) in [5.74, 6) is -0.277. The molecule has 6 nitrogen and oxygen atoms in total. The fourth-order valence-corrected chi connectivity index (χ4v) is 3.07. The first kappa shape index (κ1) is 14.8. The van der Waals surface area contributed by atoms with E-state index in [1.54, 1.807) is 0 Å². The largest absolute Gasteiger partial charge is 0.486 e. The molecule has 0 aliphatic carbocycles. The van der Waals surface area contributed by atoms with Gasteiger partial charge < -0.3 is 14.2 Å². The maximum absolute atomic E-state index is 11.8. The van der Waals surface area contributed by atoms with Crippen molar-refractivity contribution < 1.29 is 27.4 Å². The van der Waals surface area contributed by atoms with Crippen LogP contribution >= 0.6 is 0 Å². The van der Waals surface area contributed by atoms with Gasteiger partial charge in [0.15, 0.2) is 9.84 Å². The summed E-state index contributed by atoms with van der Waals surface area (Å²) < 4.78 is 38.9. The van der Waals surface area contributed by atoms with Gasteiger partial charge in [0.25, 0.3) is 0 Å². The number of sulfone groups is 1. The van der Waals surface area contributed by atoms with Crippen molar-refractivity contribution in [3.05, 3.63) is 23.3 Å². The van der Waals surface area contributed by atoms with Crippen LogP contribution in [0.25, 0.3) is 0 Å². The van der Waals surface area contributed by atoms with Crippen LogP contribution in [-0.2, 0) is 25.7 Å². The fraction of sp³-hybridized carbons (Fsp3) is 0.462. The number of carbonyl (C=O) groups excluding carboxylic acids is 1. The molecule has 0 saturated carbocycles. The van der Waals surface area contributed by atoms with Crippen molar-refractivity contribution in [1.82, 2.24) is 0 Å². The molecule has 7 heteroatoms. The summed E-state index contributed by atoms with van der Waals surface area (Å²) >= 11 is 0. The number of carbonyl (C=O) groups is 1. The molecule has 1 aliphatic heterocycles. The molecule has 1 aromatic rings. The van der Waals surface area contributed by atoms with Crippen molar-refractivity contribution in [2.75, 3.05) is 27.1 Å². The lowest BCUT2D eigenvalue weighted by atomic mass is 10.0. The Morgan fingerprint density at radius 3 is 2.65 bits per heavy atom. The van der Waals surface area contributed by atoms with Crippen LogP contribution in [0.2, 0.25) is 0 Å². The maximum Gasteiger partial charge on any atom is 0.338 e. The molecule has 0 aromatic heterocycles. The van der Waals surface area contributed by atoms with Crippen LogP contribution in [0.1, 0.15) is 15.9 Å².